The highest BCUT2D eigenvalue weighted by molar-refractivity contribution is 9.10. The van der Waals surface area contributed by atoms with Crippen LogP contribution >= 0.6 is 15.9 Å². The standard InChI is InChI=1S/C18H16BrNO3/c1-2-11-4-3-5-14-16(11)20-17(22)18(14,23)10-15(21)12-6-8-13(19)9-7-12/h3-9,23H,2,10H2,1H3,(H,20,22)/t18-/m1/s1. The number of benzene rings is 2. The normalized spacial score (nSPS) is 19.3. The van der Waals surface area contributed by atoms with Gasteiger partial charge in [-0.1, -0.05) is 53.2 Å². The fourth-order valence-corrected chi connectivity index (χ4v) is 3.14. The van der Waals surface area contributed by atoms with Crippen molar-refractivity contribution in [2.75, 3.05) is 5.32 Å². The summed E-state index contributed by atoms with van der Waals surface area (Å²) in [4.78, 5) is 24.8. The molecule has 2 N–H and O–H groups in total. The SMILES string of the molecule is CCc1cccc2c1NC(=O)[C@@]2(O)CC(=O)c1ccc(Br)cc1. The number of rotatable bonds is 4. The topological polar surface area (TPSA) is 66.4 Å². The average Bonchev–Trinajstić information content (AvgIpc) is 2.79. The Balaban J connectivity index is 1.95. The number of aliphatic hydroxyl groups is 1. The van der Waals surface area contributed by atoms with Gasteiger partial charge in [-0.25, -0.2) is 0 Å². The number of Topliss-reactive ketones (excluding diaryl/α,β-unsaturated/α-hetero) is 1. The predicted octanol–water partition coefficient (Wildman–Crippen LogP) is 3.42. The molecular formula is C18H16BrNO3. The number of nitrogens with one attached hydrogen (secondary N) is 1. The summed E-state index contributed by atoms with van der Waals surface area (Å²) in [5.41, 5.74) is 0.709. The van der Waals surface area contributed by atoms with E-state index in [9.17, 15) is 14.7 Å². The molecule has 1 atom stereocenters. The van der Waals surface area contributed by atoms with Crippen LogP contribution in [-0.2, 0) is 16.8 Å². The van der Waals surface area contributed by atoms with Gasteiger partial charge in [0.15, 0.2) is 11.4 Å². The Morgan fingerprint density at radius 2 is 1.91 bits per heavy atom. The first-order chi connectivity index (χ1) is 11.0. The number of hydrogen-bond donors (Lipinski definition) is 2. The minimum atomic E-state index is -1.81. The molecule has 2 aromatic rings. The van der Waals surface area contributed by atoms with Crippen LogP contribution in [0.4, 0.5) is 5.69 Å². The highest BCUT2D eigenvalue weighted by Gasteiger charge is 2.47. The number of halogens is 1. The van der Waals surface area contributed by atoms with Gasteiger partial charge in [0.2, 0.25) is 0 Å². The number of ketones is 1. The lowest BCUT2D eigenvalue weighted by Crippen LogP contribution is -2.36. The molecule has 1 aliphatic heterocycles. The third-order valence-corrected chi connectivity index (χ3v) is 4.70. The van der Waals surface area contributed by atoms with E-state index in [0.29, 0.717) is 16.8 Å². The van der Waals surface area contributed by atoms with Gasteiger partial charge >= 0.3 is 0 Å². The molecule has 4 nitrogen and oxygen atoms in total. The minimum absolute atomic E-state index is 0.273. The highest BCUT2D eigenvalue weighted by Crippen LogP contribution is 2.41. The molecule has 23 heavy (non-hydrogen) atoms. The second-order valence-electron chi connectivity index (χ2n) is 5.61. The molecule has 0 bridgehead atoms. The molecule has 0 unspecified atom stereocenters. The molecule has 0 saturated carbocycles. The fourth-order valence-electron chi connectivity index (χ4n) is 2.87. The van der Waals surface area contributed by atoms with Gasteiger partial charge in [-0.05, 0) is 24.1 Å². The van der Waals surface area contributed by atoms with E-state index in [0.717, 1.165) is 16.5 Å². The molecular weight excluding hydrogens is 358 g/mol. The van der Waals surface area contributed by atoms with E-state index >= 15 is 0 Å². The van der Waals surface area contributed by atoms with E-state index in [2.05, 4.69) is 21.2 Å². The first-order valence-electron chi connectivity index (χ1n) is 7.40. The predicted molar refractivity (Wildman–Crippen MR) is 91.4 cm³/mol. The van der Waals surface area contributed by atoms with Gasteiger partial charge in [-0.3, -0.25) is 9.59 Å². The van der Waals surface area contributed by atoms with Crippen LogP contribution in [0.3, 0.4) is 0 Å². The first kappa shape index (κ1) is 15.9. The van der Waals surface area contributed by atoms with Crippen molar-refractivity contribution in [1.82, 2.24) is 0 Å². The smallest absolute Gasteiger partial charge is 0.261 e. The third kappa shape index (κ3) is 2.71. The summed E-state index contributed by atoms with van der Waals surface area (Å²) < 4.78 is 0.865. The summed E-state index contributed by atoms with van der Waals surface area (Å²) in [6.07, 6.45) is 0.459. The zero-order chi connectivity index (χ0) is 16.6. The molecule has 0 saturated heterocycles. The second kappa shape index (κ2) is 5.91. The zero-order valence-corrected chi connectivity index (χ0v) is 14.2. The van der Waals surface area contributed by atoms with Crippen molar-refractivity contribution in [3.05, 3.63) is 63.6 Å². The van der Waals surface area contributed by atoms with Crippen molar-refractivity contribution < 1.29 is 14.7 Å². The van der Waals surface area contributed by atoms with Crippen LogP contribution in [0.25, 0.3) is 0 Å². The number of para-hydroxylation sites is 1. The number of fused-ring (bicyclic) bond motifs is 1. The van der Waals surface area contributed by atoms with Crippen LogP contribution in [0.1, 0.15) is 34.8 Å². The van der Waals surface area contributed by atoms with Crippen molar-refractivity contribution in [2.24, 2.45) is 0 Å². The summed E-state index contributed by atoms with van der Waals surface area (Å²) in [5.74, 6) is -0.816. The molecule has 0 fully saturated rings. The van der Waals surface area contributed by atoms with Crippen LogP contribution in [0.15, 0.2) is 46.9 Å². The van der Waals surface area contributed by atoms with Crippen LogP contribution in [0, 0.1) is 0 Å². The molecule has 5 heteroatoms. The molecule has 118 valence electrons. The van der Waals surface area contributed by atoms with Crippen molar-refractivity contribution in [1.29, 1.82) is 0 Å². The second-order valence-corrected chi connectivity index (χ2v) is 6.53. The molecule has 0 aliphatic carbocycles. The minimum Gasteiger partial charge on any atom is -0.375 e. The van der Waals surface area contributed by atoms with Gasteiger partial charge < -0.3 is 10.4 Å². The Morgan fingerprint density at radius 3 is 2.57 bits per heavy atom. The monoisotopic (exact) mass is 373 g/mol. The fraction of sp³-hybridized carbons (Fsp3) is 0.222. The maximum absolute atomic E-state index is 12.5. The quantitative estimate of drug-likeness (QED) is 0.806. The van der Waals surface area contributed by atoms with Crippen molar-refractivity contribution in [3.63, 3.8) is 0 Å². The van der Waals surface area contributed by atoms with Gasteiger partial charge in [0.25, 0.3) is 5.91 Å². The van der Waals surface area contributed by atoms with Gasteiger partial charge in [0.05, 0.1) is 12.1 Å². The molecule has 1 aliphatic rings. The Morgan fingerprint density at radius 1 is 1.22 bits per heavy atom. The maximum Gasteiger partial charge on any atom is 0.261 e. The van der Waals surface area contributed by atoms with E-state index in [1.165, 1.54) is 0 Å². The molecule has 1 heterocycles. The Kier molecular flexibility index (Phi) is 4.08. The van der Waals surface area contributed by atoms with Crippen LogP contribution in [-0.4, -0.2) is 16.8 Å². The van der Waals surface area contributed by atoms with Gasteiger partial charge in [0, 0.05) is 15.6 Å². The molecule has 3 rings (SSSR count). The van der Waals surface area contributed by atoms with Crippen LogP contribution < -0.4 is 5.32 Å². The average molecular weight is 374 g/mol. The van der Waals surface area contributed by atoms with Crippen LogP contribution in [0.2, 0.25) is 0 Å². The Hall–Kier alpha value is -1.98. The van der Waals surface area contributed by atoms with E-state index < -0.39 is 11.5 Å². The number of aryl methyl sites for hydroxylation is 1. The third-order valence-electron chi connectivity index (χ3n) is 4.17. The number of carbonyl (C=O) groups is 2. The number of anilines is 1. The highest BCUT2D eigenvalue weighted by atomic mass is 79.9. The lowest BCUT2D eigenvalue weighted by Gasteiger charge is -2.20. The van der Waals surface area contributed by atoms with Gasteiger partial charge in [-0.15, -0.1) is 0 Å². The molecule has 1 amide bonds. The Labute approximate surface area is 142 Å². The van der Waals surface area contributed by atoms with Crippen molar-refractivity contribution in [3.8, 4) is 0 Å². The summed E-state index contributed by atoms with van der Waals surface area (Å²) in [6, 6.07) is 12.3. The molecule has 2 aromatic carbocycles. The summed E-state index contributed by atoms with van der Waals surface area (Å²) in [5, 5.41) is 13.6. The van der Waals surface area contributed by atoms with E-state index in [4.69, 9.17) is 0 Å². The maximum atomic E-state index is 12.5. The number of amides is 1. The number of hydrogen-bond acceptors (Lipinski definition) is 3. The lowest BCUT2D eigenvalue weighted by atomic mass is 9.87. The summed E-state index contributed by atoms with van der Waals surface area (Å²) in [6.45, 7) is 1.98. The lowest BCUT2D eigenvalue weighted by molar-refractivity contribution is -0.133. The van der Waals surface area contributed by atoms with Gasteiger partial charge in [-0.2, -0.15) is 0 Å². The Bertz CT molecular complexity index is 785. The molecule has 0 radical (unpaired) electrons. The molecule has 0 aromatic heterocycles. The van der Waals surface area contributed by atoms with E-state index in [1.54, 1.807) is 36.4 Å². The first-order valence-corrected chi connectivity index (χ1v) is 8.20. The van der Waals surface area contributed by atoms with E-state index in [-0.39, 0.29) is 12.2 Å². The van der Waals surface area contributed by atoms with Crippen LogP contribution in [0.5, 0.6) is 0 Å². The number of carbonyl (C=O) groups excluding carboxylic acids is 2. The zero-order valence-electron chi connectivity index (χ0n) is 12.6. The summed E-state index contributed by atoms with van der Waals surface area (Å²) >= 11 is 3.32. The summed E-state index contributed by atoms with van der Waals surface area (Å²) in [7, 11) is 0. The van der Waals surface area contributed by atoms with Crippen molar-refractivity contribution >= 4 is 33.3 Å². The van der Waals surface area contributed by atoms with E-state index in [1.807, 2.05) is 13.0 Å². The van der Waals surface area contributed by atoms with Crippen molar-refractivity contribution in [2.45, 2.75) is 25.4 Å². The van der Waals surface area contributed by atoms with Gasteiger partial charge in [0.1, 0.15) is 0 Å². The molecule has 0 spiro atoms. The largest absolute Gasteiger partial charge is 0.375 e.